The first-order valence-electron chi connectivity index (χ1n) is 6.24. The molecule has 0 aliphatic heterocycles. The first kappa shape index (κ1) is 15.0. The monoisotopic (exact) mass is 291 g/mol. The molecule has 0 radical (unpaired) electrons. The number of nitrogens with zero attached hydrogens (tertiary/aromatic N) is 2. The predicted octanol–water partition coefficient (Wildman–Crippen LogP) is 1.50. The first-order valence-corrected chi connectivity index (χ1v) is 6.24. The molecule has 0 aliphatic rings. The summed E-state index contributed by atoms with van der Waals surface area (Å²) in [7, 11) is 3.07. The molecule has 0 saturated carbocycles. The van der Waals surface area contributed by atoms with Crippen molar-refractivity contribution in [3.63, 3.8) is 0 Å². The van der Waals surface area contributed by atoms with E-state index in [1.807, 2.05) is 0 Å². The molecule has 0 amide bonds. The lowest BCUT2D eigenvalue weighted by Gasteiger charge is -2.11. The van der Waals surface area contributed by atoms with Gasteiger partial charge in [-0.2, -0.15) is 4.98 Å². The number of aromatic nitrogens is 2. The number of hydrogen-bond donors (Lipinski definition) is 2. The van der Waals surface area contributed by atoms with Gasteiger partial charge in [-0.15, -0.1) is 0 Å². The van der Waals surface area contributed by atoms with Crippen LogP contribution in [0.5, 0.6) is 17.4 Å². The molecule has 0 atom stereocenters. The molecule has 1 aromatic carbocycles. The molecule has 7 nitrogen and oxygen atoms in total. The summed E-state index contributed by atoms with van der Waals surface area (Å²) in [6.07, 6.45) is 0. The average Bonchev–Trinajstić information content (AvgIpc) is 2.47. The first-order chi connectivity index (χ1) is 10.2. The van der Waals surface area contributed by atoms with E-state index in [4.69, 9.17) is 25.1 Å². The number of benzene rings is 1. The minimum Gasteiger partial charge on any atom is -0.493 e. The lowest BCUT2D eigenvalue weighted by molar-refractivity contribution is 0.177. The number of rotatable bonds is 6. The molecular weight excluding hydrogens is 274 g/mol. The maximum Gasteiger partial charge on any atom is 0.224 e. The van der Waals surface area contributed by atoms with Gasteiger partial charge >= 0.3 is 0 Å². The normalized spacial score (nSPS) is 10.4. The van der Waals surface area contributed by atoms with E-state index < -0.39 is 0 Å². The molecule has 21 heavy (non-hydrogen) atoms. The quantitative estimate of drug-likeness (QED) is 0.831. The van der Waals surface area contributed by atoms with Crippen LogP contribution in [0.25, 0.3) is 0 Å². The summed E-state index contributed by atoms with van der Waals surface area (Å²) in [6.45, 7) is 0.164. The summed E-state index contributed by atoms with van der Waals surface area (Å²) in [5.74, 6) is 1.98. The van der Waals surface area contributed by atoms with Gasteiger partial charge in [0, 0.05) is 13.2 Å². The molecule has 0 spiro atoms. The van der Waals surface area contributed by atoms with Gasteiger partial charge in [-0.3, -0.25) is 0 Å². The van der Waals surface area contributed by atoms with E-state index in [9.17, 15) is 0 Å². The van der Waals surface area contributed by atoms with Gasteiger partial charge < -0.3 is 25.1 Å². The Morgan fingerprint density at radius 1 is 1.14 bits per heavy atom. The van der Waals surface area contributed by atoms with Crippen LogP contribution < -0.4 is 15.2 Å². The summed E-state index contributed by atoms with van der Waals surface area (Å²) in [4.78, 5) is 8.23. The molecule has 7 heteroatoms. The Kier molecular flexibility index (Phi) is 4.91. The molecule has 0 unspecified atom stereocenters. The molecule has 3 N–H and O–H groups in total. The van der Waals surface area contributed by atoms with Gasteiger partial charge in [-0.05, 0) is 17.7 Å². The smallest absolute Gasteiger partial charge is 0.224 e. The van der Waals surface area contributed by atoms with Crippen molar-refractivity contribution in [3.8, 4) is 17.4 Å². The molecule has 0 bridgehead atoms. The zero-order valence-electron chi connectivity index (χ0n) is 11.9. The Bertz CT molecular complexity index is 619. The Hall–Kier alpha value is -2.38. The number of hydrogen-bond acceptors (Lipinski definition) is 7. The summed E-state index contributed by atoms with van der Waals surface area (Å²) < 4.78 is 15.9. The van der Waals surface area contributed by atoms with Crippen LogP contribution in [0.3, 0.4) is 0 Å². The highest BCUT2D eigenvalue weighted by Crippen LogP contribution is 2.32. The van der Waals surface area contributed by atoms with Crippen LogP contribution in [-0.2, 0) is 18.0 Å². The van der Waals surface area contributed by atoms with Gasteiger partial charge in [0.25, 0.3) is 0 Å². The van der Waals surface area contributed by atoms with Crippen LogP contribution in [0, 0.1) is 0 Å². The molecule has 2 aromatic rings. The molecule has 2 rings (SSSR count). The van der Waals surface area contributed by atoms with Crippen molar-refractivity contribution in [1.82, 2.24) is 9.97 Å². The minimum absolute atomic E-state index is 0.0743. The van der Waals surface area contributed by atoms with E-state index in [-0.39, 0.29) is 19.0 Å². The Balaban J connectivity index is 2.29. The molecule has 1 aromatic heterocycles. The van der Waals surface area contributed by atoms with Crippen molar-refractivity contribution >= 4 is 5.82 Å². The lowest BCUT2D eigenvalue weighted by Crippen LogP contribution is -2.03. The SMILES string of the molecule is COCc1nc(N)cc(Oc2ccc(CO)cc2OC)n1. The highest BCUT2D eigenvalue weighted by molar-refractivity contribution is 5.45. The lowest BCUT2D eigenvalue weighted by atomic mass is 10.2. The van der Waals surface area contributed by atoms with E-state index >= 15 is 0 Å². The second kappa shape index (κ2) is 6.87. The van der Waals surface area contributed by atoms with E-state index in [2.05, 4.69) is 9.97 Å². The fraction of sp³-hybridized carbons (Fsp3) is 0.286. The second-order valence-electron chi connectivity index (χ2n) is 4.23. The zero-order valence-corrected chi connectivity index (χ0v) is 11.9. The number of ether oxygens (including phenoxy) is 3. The van der Waals surface area contributed by atoms with Crippen LogP contribution >= 0.6 is 0 Å². The van der Waals surface area contributed by atoms with E-state index in [0.29, 0.717) is 23.2 Å². The number of aliphatic hydroxyl groups excluding tert-OH is 1. The van der Waals surface area contributed by atoms with E-state index in [0.717, 1.165) is 5.56 Å². The van der Waals surface area contributed by atoms with Gasteiger partial charge in [-0.25, -0.2) is 4.98 Å². The third-order valence-corrected chi connectivity index (χ3v) is 2.67. The zero-order chi connectivity index (χ0) is 15.2. The number of nitrogen functional groups attached to an aromatic ring is 1. The molecule has 0 aliphatic carbocycles. The van der Waals surface area contributed by atoms with Crippen molar-refractivity contribution in [3.05, 3.63) is 35.7 Å². The molecule has 1 heterocycles. The van der Waals surface area contributed by atoms with Crippen molar-refractivity contribution in [2.24, 2.45) is 0 Å². The van der Waals surface area contributed by atoms with Gasteiger partial charge in [0.1, 0.15) is 12.4 Å². The number of methoxy groups -OCH3 is 2. The molecular formula is C14H17N3O4. The van der Waals surface area contributed by atoms with Crippen LogP contribution in [0.15, 0.2) is 24.3 Å². The number of aliphatic hydroxyl groups is 1. The second-order valence-corrected chi connectivity index (χ2v) is 4.23. The van der Waals surface area contributed by atoms with Gasteiger partial charge in [0.2, 0.25) is 5.88 Å². The van der Waals surface area contributed by atoms with E-state index in [1.165, 1.54) is 13.2 Å². The number of anilines is 1. The summed E-state index contributed by atoms with van der Waals surface area (Å²) in [6, 6.07) is 6.63. The van der Waals surface area contributed by atoms with E-state index in [1.54, 1.807) is 25.3 Å². The van der Waals surface area contributed by atoms with Crippen molar-refractivity contribution in [2.45, 2.75) is 13.2 Å². The third-order valence-electron chi connectivity index (χ3n) is 2.67. The van der Waals surface area contributed by atoms with Crippen molar-refractivity contribution < 1.29 is 19.3 Å². The van der Waals surface area contributed by atoms with Gasteiger partial charge in [0.15, 0.2) is 17.3 Å². The fourth-order valence-corrected chi connectivity index (χ4v) is 1.75. The Morgan fingerprint density at radius 2 is 1.95 bits per heavy atom. The molecule has 112 valence electrons. The Labute approximate surface area is 122 Å². The van der Waals surface area contributed by atoms with Crippen LogP contribution in [-0.4, -0.2) is 29.3 Å². The third kappa shape index (κ3) is 3.80. The highest BCUT2D eigenvalue weighted by Gasteiger charge is 2.10. The Morgan fingerprint density at radius 3 is 2.62 bits per heavy atom. The maximum atomic E-state index is 9.12. The largest absolute Gasteiger partial charge is 0.493 e. The standard InChI is InChI=1S/C14H17N3O4/c1-19-8-13-16-12(15)6-14(17-13)21-10-4-3-9(7-18)5-11(10)20-2/h3-6,18H,7-8H2,1-2H3,(H2,15,16,17). The minimum atomic E-state index is -0.0743. The number of nitrogens with two attached hydrogens (primary N) is 1. The predicted molar refractivity (Wildman–Crippen MR) is 76.1 cm³/mol. The van der Waals surface area contributed by atoms with Crippen LogP contribution in [0.4, 0.5) is 5.82 Å². The topological polar surface area (TPSA) is 99.7 Å². The molecule has 0 saturated heterocycles. The highest BCUT2D eigenvalue weighted by atomic mass is 16.5. The van der Waals surface area contributed by atoms with Crippen LogP contribution in [0.1, 0.15) is 11.4 Å². The summed E-state index contributed by atoms with van der Waals surface area (Å²) >= 11 is 0. The van der Waals surface area contributed by atoms with Crippen molar-refractivity contribution in [2.75, 3.05) is 20.0 Å². The summed E-state index contributed by atoms with van der Waals surface area (Å²) in [5, 5.41) is 9.12. The van der Waals surface area contributed by atoms with Gasteiger partial charge in [-0.1, -0.05) is 6.07 Å². The maximum absolute atomic E-state index is 9.12. The van der Waals surface area contributed by atoms with Gasteiger partial charge in [0.05, 0.1) is 13.7 Å². The van der Waals surface area contributed by atoms with Crippen LogP contribution in [0.2, 0.25) is 0 Å². The summed E-state index contributed by atoms with van der Waals surface area (Å²) in [5.41, 5.74) is 6.43. The van der Waals surface area contributed by atoms with Crippen molar-refractivity contribution in [1.29, 1.82) is 0 Å². The molecule has 0 fully saturated rings. The average molecular weight is 291 g/mol. The fourth-order valence-electron chi connectivity index (χ4n) is 1.75.